The van der Waals surface area contributed by atoms with Gasteiger partial charge in [0.2, 0.25) is 0 Å². The molecule has 23 heavy (non-hydrogen) atoms. The van der Waals surface area contributed by atoms with Crippen LogP contribution in [-0.4, -0.2) is 52.0 Å². The van der Waals surface area contributed by atoms with Crippen LogP contribution in [-0.2, 0) is 6.54 Å². The van der Waals surface area contributed by atoms with Crippen molar-refractivity contribution in [3.63, 3.8) is 0 Å². The van der Waals surface area contributed by atoms with Gasteiger partial charge in [-0.1, -0.05) is 5.16 Å². The molecule has 0 aromatic carbocycles. The Morgan fingerprint density at radius 2 is 2.09 bits per heavy atom. The summed E-state index contributed by atoms with van der Waals surface area (Å²) in [5, 5.41) is 3.79. The molecule has 2 aromatic heterocycles. The lowest BCUT2D eigenvalue weighted by Crippen LogP contribution is -2.59. The second-order valence-corrected chi connectivity index (χ2v) is 6.79. The number of hydrogen-bond acceptors (Lipinski definition) is 5. The predicted molar refractivity (Wildman–Crippen MR) is 83.7 cm³/mol. The molecule has 2 fully saturated rings. The number of carbonyl (C=O) groups is 1. The van der Waals surface area contributed by atoms with E-state index in [2.05, 4.69) is 27.2 Å². The second-order valence-electron chi connectivity index (χ2n) is 6.79. The predicted octanol–water partition coefficient (Wildman–Crippen LogP) is 1.73. The minimum absolute atomic E-state index is 0.0435. The summed E-state index contributed by atoms with van der Waals surface area (Å²) in [5.74, 6) is 0.0435. The number of likely N-dealkylation sites (tertiary alicyclic amines) is 2. The zero-order chi connectivity index (χ0) is 15.9. The van der Waals surface area contributed by atoms with Crippen molar-refractivity contribution in [1.82, 2.24) is 19.9 Å². The van der Waals surface area contributed by atoms with E-state index in [1.807, 2.05) is 17.3 Å². The van der Waals surface area contributed by atoms with Gasteiger partial charge in [0.05, 0.1) is 5.69 Å². The van der Waals surface area contributed by atoms with E-state index in [4.69, 9.17) is 4.52 Å². The van der Waals surface area contributed by atoms with Crippen molar-refractivity contribution in [1.29, 1.82) is 0 Å². The average molecular weight is 312 g/mol. The molecule has 2 aliphatic heterocycles. The first kappa shape index (κ1) is 14.4. The lowest BCUT2D eigenvalue weighted by atomic mass is 9.78. The van der Waals surface area contributed by atoms with Gasteiger partial charge in [0.1, 0.15) is 11.8 Å². The molecule has 6 heteroatoms. The van der Waals surface area contributed by atoms with Crippen LogP contribution in [0.2, 0.25) is 0 Å². The lowest BCUT2D eigenvalue weighted by molar-refractivity contribution is 0.0103. The van der Waals surface area contributed by atoms with Gasteiger partial charge in [-0.2, -0.15) is 0 Å². The Balaban J connectivity index is 1.35. The molecule has 1 amide bonds. The van der Waals surface area contributed by atoms with Gasteiger partial charge in [0.15, 0.2) is 0 Å². The number of hydrogen-bond donors (Lipinski definition) is 0. The first-order chi connectivity index (χ1) is 11.2. The summed E-state index contributed by atoms with van der Waals surface area (Å²) >= 11 is 0. The Bertz CT molecular complexity index is 706. The maximum Gasteiger partial charge on any atom is 0.259 e. The van der Waals surface area contributed by atoms with E-state index in [9.17, 15) is 4.79 Å². The van der Waals surface area contributed by atoms with E-state index in [0.717, 1.165) is 39.1 Å². The fraction of sp³-hybridized carbons (Fsp3) is 0.471. The number of carbonyl (C=O) groups excluding carboxylic acids is 1. The molecule has 0 aliphatic carbocycles. The highest BCUT2D eigenvalue weighted by molar-refractivity contribution is 5.95. The van der Waals surface area contributed by atoms with Crippen LogP contribution in [0.5, 0.6) is 0 Å². The summed E-state index contributed by atoms with van der Waals surface area (Å²) in [7, 11) is 0. The number of amides is 1. The quantitative estimate of drug-likeness (QED) is 0.863. The minimum atomic E-state index is 0.0435. The van der Waals surface area contributed by atoms with Crippen molar-refractivity contribution in [3.8, 4) is 0 Å². The molecule has 0 unspecified atom stereocenters. The van der Waals surface area contributed by atoms with E-state index in [1.165, 1.54) is 11.8 Å². The van der Waals surface area contributed by atoms with Crippen LogP contribution in [0.4, 0.5) is 0 Å². The van der Waals surface area contributed by atoms with Gasteiger partial charge < -0.3 is 9.42 Å². The molecule has 0 atom stereocenters. The Morgan fingerprint density at radius 1 is 1.30 bits per heavy atom. The monoisotopic (exact) mass is 312 g/mol. The summed E-state index contributed by atoms with van der Waals surface area (Å²) in [6, 6.07) is 4.13. The molecule has 0 saturated carbocycles. The number of nitrogens with zero attached hydrogens (tertiary/aromatic N) is 4. The minimum Gasteiger partial charge on any atom is -0.364 e. The number of rotatable bonds is 3. The number of aromatic nitrogens is 2. The van der Waals surface area contributed by atoms with E-state index in [1.54, 1.807) is 6.92 Å². The van der Waals surface area contributed by atoms with Gasteiger partial charge in [-0.25, -0.2) is 0 Å². The molecule has 2 aliphatic rings. The molecule has 0 radical (unpaired) electrons. The molecular formula is C17H20N4O2. The molecule has 0 N–H and O–H groups in total. The molecule has 2 saturated heterocycles. The van der Waals surface area contributed by atoms with Gasteiger partial charge in [0.25, 0.3) is 5.91 Å². The number of aryl methyl sites for hydroxylation is 1. The van der Waals surface area contributed by atoms with Crippen LogP contribution in [0.1, 0.15) is 28.0 Å². The van der Waals surface area contributed by atoms with Gasteiger partial charge in [-0.05, 0) is 37.6 Å². The molecule has 4 heterocycles. The van der Waals surface area contributed by atoms with Crippen molar-refractivity contribution in [3.05, 3.63) is 47.6 Å². The standard InChI is InChI=1S/C17H20N4O2/c1-13-15(9-23-19-13)16(22)21-11-17(12-21)4-7-20(10-17)8-14-2-5-18-6-3-14/h2-3,5-6,9H,4,7-8,10-12H2,1H3. The summed E-state index contributed by atoms with van der Waals surface area (Å²) < 4.78 is 4.87. The summed E-state index contributed by atoms with van der Waals surface area (Å²) in [6.07, 6.45) is 6.29. The third-order valence-corrected chi connectivity index (χ3v) is 4.99. The van der Waals surface area contributed by atoms with Gasteiger partial charge in [0, 0.05) is 44.0 Å². The SMILES string of the molecule is Cc1nocc1C(=O)N1CC2(CCN(Cc3ccncc3)C2)C1. The van der Waals surface area contributed by atoms with Gasteiger partial charge >= 0.3 is 0 Å². The third-order valence-electron chi connectivity index (χ3n) is 4.99. The Morgan fingerprint density at radius 3 is 2.78 bits per heavy atom. The average Bonchev–Trinajstić information content (AvgIpc) is 3.13. The smallest absolute Gasteiger partial charge is 0.259 e. The molecule has 4 rings (SSSR count). The van der Waals surface area contributed by atoms with E-state index >= 15 is 0 Å². The Kier molecular flexibility index (Phi) is 3.41. The molecule has 2 aromatic rings. The van der Waals surface area contributed by atoms with Gasteiger partial charge in [-0.15, -0.1) is 0 Å². The van der Waals surface area contributed by atoms with Crippen molar-refractivity contribution in [2.24, 2.45) is 5.41 Å². The van der Waals surface area contributed by atoms with Crippen LogP contribution in [0, 0.1) is 12.3 Å². The van der Waals surface area contributed by atoms with Crippen molar-refractivity contribution in [2.75, 3.05) is 26.2 Å². The van der Waals surface area contributed by atoms with Crippen LogP contribution in [0.25, 0.3) is 0 Å². The zero-order valence-electron chi connectivity index (χ0n) is 13.2. The number of pyridine rings is 1. The zero-order valence-corrected chi connectivity index (χ0v) is 13.2. The highest BCUT2D eigenvalue weighted by Gasteiger charge is 2.49. The van der Waals surface area contributed by atoms with Crippen molar-refractivity contribution in [2.45, 2.75) is 19.9 Å². The summed E-state index contributed by atoms with van der Waals surface area (Å²) in [4.78, 5) is 20.9. The maximum absolute atomic E-state index is 12.4. The largest absolute Gasteiger partial charge is 0.364 e. The highest BCUT2D eigenvalue weighted by Crippen LogP contribution is 2.40. The molecule has 0 bridgehead atoms. The van der Waals surface area contributed by atoms with E-state index in [-0.39, 0.29) is 11.3 Å². The van der Waals surface area contributed by atoms with Crippen LogP contribution in [0.3, 0.4) is 0 Å². The third kappa shape index (κ3) is 2.63. The van der Waals surface area contributed by atoms with Crippen molar-refractivity contribution >= 4 is 5.91 Å². The first-order valence-corrected chi connectivity index (χ1v) is 7.97. The molecular weight excluding hydrogens is 292 g/mol. The van der Waals surface area contributed by atoms with Crippen LogP contribution >= 0.6 is 0 Å². The summed E-state index contributed by atoms with van der Waals surface area (Å²) in [5.41, 5.74) is 2.82. The van der Waals surface area contributed by atoms with E-state index < -0.39 is 0 Å². The Hall–Kier alpha value is -2.21. The molecule has 1 spiro atoms. The second kappa shape index (κ2) is 5.45. The lowest BCUT2D eigenvalue weighted by Gasteiger charge is -2.48. The van der Waals surface area contributed by atoms with E-state index in [0.29, 0.717) is 11.3 Å². The molecule has 120 valence electrons. The maximum atomic E-state index is 12.4. The van der Waals surface area contributed by atoms with Crippen LogP contribution in [0.15, 0.2) is 35.3 Å². The Labute approximate surface area is 135 Å². The first-order valence-electron chi connectivity index (χ1n) is 7.97. The highest BCUT2D eigenvalue weighted by atomic mass is 16.5. The van der Waals surface area contributed by atoms with Gasteiger partial charge in [-0.3, -0.25) is 14.7 Å². The van der Waals surface area contributed by atoms with Crippen molar-refractivity contribution < 1.29 is 9.32 Å². The normalized spacial score (nSPS) is 20.0. The van der Waals surface area contributed by atoms with Crippen LogP contribution < -0.4 is 0 Å². The fourth-order valence-corrected chi connectivity index (χ4v) is 3.74. The summed E-state index contributed by atoms with van der Waals surface area (Å²) in [6.45, 7) is 6.59. The molecule has 6 nitrogen and oxygen atoms in total. The fourth-order valence-electron chi connectivity index (χ4n) is 3.74. The topological polar surface area (TPSA) is 62.5 Å².